The van der Waals surface area contributed by atoms with Crippen molar-refractivity contribution in [1.29, 1.82) is 0 Å². The smallest absolute Gasteiger partial charge is 0.171 e. The fraction of sp³-hybridized carbons (Fsp3) is 0.600. The third kappa shape index (κ3) is 3.64. The zero-order valence-electron chi connectivity index (χ0n) is 8.86. The number of aliphatic hydroxyl groups excluding tert-OH is 1. The first-order valence-corrected chi connectivity index (χ1v) is 5.49. The lowest BCUT2D eigenvalue weighted by molar-refractivity contribution is 0.301. The average Bonchev–Trinajstić information content (AvgIpc) is 2.25. The fourth-order valence-electron chi connectivity index (χ4n) is 1.32. The predicted molar refractivity (Wildman–Crippen MR) is 61.2 cm³/mol. The number of hydrogen-bond donors (Lipinski definition) is 1. The maximum Gasteiger partial charge on any atom is 0.171 e. The monoisotopic (exact) mass is 229 g/mol. The first-order chi connectivity index (χ1) is 7.29. The van der Waals surface area contributed by atoms with Crippen LogP contribution in [0, 0.1) is 0 Å². The minimum absolute atomic E-state index is 0.0939. The molecule has 0 saturated heterocycles. The Balaban J connectivity index is 2.74. The Labute approximate surface area is 94.9 Å². The molecule has 84 valence electrons. The second-order valence-corrected chi connectivity index (χ2v) is 3.59. The summed E-state index contributed by atoms with van der Waals surface area (Å²) in [7, 11) is 0. The van der Waals surface area contributed by atoms with Gasteiger partial charge in [-0.15, -0.1) is 0 Å². The zero-order chi connectivity index (χ0) is 11.1. The molecule has 0 aromatic carbocycles. The van der Waals surface area contributed by atoms with Gasteiger partial charge in [-0.1, -0.05) is 24.9 Å². The van der Waals surface area contributed by atoms with Crippen molar-refractivity contribution in [2.45, 2.75) is 19.8 Å². The van der Waals surface area contributed by atoms with Crippen LogP contribution in [0.4, 0.5) is 5.82 Å². The summed E-state index contributed by atoms with van der Waals surface area (Å²) in [4.78, 5) is 10.1. The van der Waals surface area contributed by atoms with Crippen LogP contribution in [0.25, 0.3) is 0 Å². The summed E-state index contributed by atoms with van der Waals surface area (Å²) in [5, 5.41) is 9.35. The van der Waals surface area contributed by atoms with Crippen molar-refractivity contribution in [3.8, 4) is 0 Å². The molecule has 15 heavy (non-hydrogen) atoms. The van der Waals surface area contributed by atoms with Crippen molar-refractivity contribution >= 4 is 17.4 Å². The van der Waals surface area contributed by atoms with E-state index in [2.05, 4.69) is 16.9 Å². The Morgan fingerprint density at radius 3 is 2.67 bits per heavy atom. The van der Waals surface area contributed by atoms with Gasteiger partial charge in [0.15, 0.2) is 11.0 Å². The zero-order valence-corrected chi connectivity index (χ0v) is 9.61. The number of aliphatic hydroxyl groups is 1. The molecule has 0 bridgehead atoms. The van der Waals surface area contributed by atoms with Gasteiger partial charge in [-0.25, -0.2) is 9.97 Å². The molecule has 0 aliphatic rings. The van der Waals surface area contributed by atoms with E-state index in [-0.39, 0.29) is 6.61 Å². The van der Waals surface area contributed by atoms with Crippen LogP contribution in [-0.2, 0) is 0 Å². The van der Waals surface area contributed by atoms with Crippen molar-refractivity contribution in [3.63, 3.8) is 0 Å². The van der Waals surface area contributed by atoms with Gasteiger partial charge in [-0.3, -0.25) is 0 Å². The molecule has 5 heteroatoms. The number of rotatable bonds is 6. The van der Waals surface area contributed by atoms with Gasteiger partial charge < -0.3 is 10.0 Å². The van der Waals surface area contributed by atoms with E-state index in [1.807, 2.05) is 4.90 Å². The summed E-state index contributed by atoms with van der Waals surface area (Å²) in [5.41, 5.74) is 0. The summed E-state index contributed by atoms with van der Waals surface area (Å²) in [6, 6.07) is 0. The molecule has 0 aliphatic heterocycles. The number of anilines is 1. The Morgan fingerprint density at radius 2 is 2.07 bits per heavy atom. The van der Waals surface area contributed by atoms with Gasteiger partial charge in [-0.2, -0.15) is 0 Å². The van der Waals surface area contributed by atoms with E-state index in [0.29, 0.717) is 17.5 Å². The van der Waals surface area contributed by atoms with Crippen LogP contribution in [0.1, 0.15) is 19.8 Å². The second kappa shape index (κ2) is 6.58. The van der Waals surface area contributed by atoms with Crippen molar-refractivity contribution in [2.75, 3.05) is 24.6 Å². The highest BCUT2D eigenvalue weighted by molar-refractivity contribution is 6.31. The van der Waals surface area contributed by atoms with Gasteiger partial charge in [0.05, 0.1) is 6.61 Å². The highest BCUT2D eigenvalue weighted by atomic mass is 35.5. The highest BCUT2D eigenvalue weighted by Gasteiger charge is 2.10. The van der Waals surface area contributed by atoms with Crippen LogP contribution in [0.3, 0.4) is 0 Å². The third-order valence-corrected chi connectivity index (χ3v) is 2.35. The summed E-state index contributed by atoms with van der Waals surface area (Å²) in [5.74, 6) is 0.654. The molecule has 0 aliphatic carbocycles. The van der Waals surface area contributed by atoms with Gasteiger partial charge >= 0.3 is 0 Å². The number of hydrogen-bond acceptors (Lipinski definition) is 4. The lowest BCUT2D eigenvalue weighted by Crippen LogP contribution is -2.29. The maximum absolute atomic E-state index is 8.96. The summed E-state index contributed by atoms with van der Waals surface area (Å²) < 4.78 is 0. The molecule has 0 saturated carbocycles. The van der Waals surface area contributed by atoms with Crippen LogP contribution in [0.2, 0.25) is 5.15 Å². The lowest BCUT2D eigenvalue weighted by atomic mass is 10.3. The molecule has 1 heterocycles. The van der Waals surface area contributed by atoms with Crippen LogP contribution in [-0.4, -0.2) is 34.8 Å². The number of nitrogens with zero attached hydrogens (tertiary/aromatic N) is 3. The lowest BCUT2D eigenvalue weighted by Gasteiger charge is -2.22. The molecule has 1 aromatic heterocycles. The maximum atomic E-state index is 8.96. The van der Waals surface area contributed by atoms with Gasteiger partial charge in [-0.05, 0) is 6.42 Å². The molecule has 0 radical (unpaired) electrons. The third-order valence-electron chi connectivity index (χ3n) is 2.09. The fourth-order valence-corrected chi connectivity index (χ4v) is 1.54. The van der Waals surface area contributed by atoms with Crippen molar-refractivity contribution < 1.29 is 5.11 Å². The number of unbranched alkanes of at least 4 members (excludes halogenated alkanes) is 1. The van der Waals surface area contributed by atoms with Crippen molar-refractivity contribution in [1.82, 2.24) is 9.97 Å². The average molecular weight is 230 g/mol. The van der Waals surface area contributed by atoms with Crippen LogP contribution >= 0.6 is 11.6 Å². The Kier molecular flexibility index (Phi) is 5.36. The SMILES string of the molecule is CCCCN(CCO)c1nccnc1Cl. The molecule has 1 N–H and O–H groups in total. The van der Waals surface area contributed by atoms with E-state index in [4.69, 9.17) is 16.7 Å². The molecule has 1 rings (SSSR count). The van der Waals surface area contributed by atoms with E-state index >= 15 is 0 Å². The van der Waals surface area contributed by atoms with Crippen LogP contribution < -0.4 is 4.90 Å². The van der Waals surface area contributed by atoms with E-state index < -0.39 is 0 Å². The Bertz CT molecular complexity index is 296. The van der Waals surface area contributed by atoms with Crippen molar-refractivity contribution in [3.05, 3.63) is 17.5 Å². The van der Waals surface area contributed by atoms with Gasteiger partial charge in [0.1, 0.15) is 0 Å². The van der Waals surface area contributed by atoms with E-state index in [1.165, 1.54) is 0 Å². The van der Waals surface area contributed by atoms with Crippen LogP contribution in [0.15, 0.2) is 12.4 Å². The van der Waals surface area contributed by atoms with Gasteiger partial charge in [0.25, 0.3) is 0 Å². The molecule has 4 nitrogen and oxygen atoms in total. The molecule has 0 atom stereocenters. The normalized spacial score (nSPS) is 10.3. The molecular weight excluding hydrogens is 214 g/mol. The molecule has 0 fully saturated rings. The van der Waals surface area contributed by atoms with E-state index in [9.17, 15) is 0 Å². The molecule has 0 unspecified atom stereocenters. The number of halogens is 1. The highest BCUT2D eigenvalue weighted by Crippen LogP contribution is 2.19. The molecular formula is C10H16ClN3O. The quantitative estimate of drug-likeness (QED) is 0.807. The predicted octanol–water partition coefficient (Wildman–Crippen LogP) is 1.73. The Hall–Kier alpha value is -0.870. The number of aromatic nitrogens is 2. The van der Waals surface area contributed by atoms with Gasteiger partial charge in [0, 0.05) is 25.5 Å². The summed E-state index contributed by atoms with van der Waals surface area (Å²) in [6.45, 7) is 3.60. The first kappa shape index (κ1) is 12.2. The summed E-state index contributed by atoms with van der Waals surface area (Å²) >= 11 is 5.94. The largest absolute Gasteiger partial charge is 0.395 e. The minimum Gasteiger partial charge on any atom is -0.395 e. The molecule has 1 aromatic rings. The first-order valence-electron chi connectivity index (χ1n) is 5.12. The standard InChI is InChI=1S/C10H16ClN3O/c1-2-3-6-14(7-8-15)10-9(11)12-4-5-13-10/h4-5,15H,2-3,6-8H2,1H3. The van der Waals surface area contributed by atoms with E-state index in [1.54, 1.807) is 12.4 Å². The van der Waals surface area contributed by atoms with Crippen LogP contribution in [0.5, 0.6) is 0 Å². The summed E-state index contributed by atoms with van der Waals surface area (Å²) in [6.07, 6.45) is 5.31. The minimum atomic E-state index is 0.0939. The topological polar surface area (TPSA) is 49.2 Å². The van der Waals surface area contributed by atoms with Crippen molar-refractivity contribution in [2.24, 2.45) is 0 Å². The van der Waals surface area contributed by atoms with Gasteiger partial charge in [0.2, 0.25) is 0 Å². The second-order valence-electron chi connectivity index (χ2n) is 3.23. The Morgan fingerprint density at radius 1 is 1.33 bits per heavy atom. The van der Waals surface area contributed by atoms with E-state index in [0.717, 1.165) is 19.4 Å². The molecule has 0 spiro atoms. The molecule has 0 amide bonds.